The summed E-state index contributed by atoms with van der Waals surface area (Å²) >= 11 is 5.93. The molecule has 0 radical (unpaired) electrons. The highest BCUT2D eigenvalue weighted by Crippen LogP contribution is 2.49. The largest absolute Gasteiger partial charge is 0.506 e. The predicted octanol–water partition coefficient (Wildman–Crippen LogP) is 3.02. The molecule has 0 aliphatic heterocycles. The number of benzene rings is 1. The molecular weight excluding hydrogens is 256 g/mol. The van der Waals surface area contributed by atoms with Gasteiger partial charge in [0.15, 0.2) is 0 Å². The van der Waals surface area contributed by atoms with Crippen LogP contribution in [-0.4, -0.2) is 23.3 Å². The van der Waals surface area contributed by atoms with Gasteiger partial charge in [0, 0.05) is 17.5 Å². The van der Waals surface area contributed by atoms with E-state index in [2.05, 4.69) is 0 Å². The van der Waals surface area contributed by atoms with E-state index in [9.17, 15) is 9.90 Å². The van der Waals surface area contributed by atoms with Gasteiger partial charge in [-0.1, -0.05) is 11.6 Å². The highest BCUT2D eigenvalue weighted by molar-refractivity contribution is 6.32. The molecule has 1 aliphatic carbocycles. The number of aromatic hydroxyl groups is 1. The highest BCUT2D eigenvalue weighted by Gasteiger charge is 2.35. The van der Waals surface area contributed by atoms with Gasteiger partial charge < -0.3 is 14.9 Å². The van der Waals surface area contributed by atoms with Gasteiger partial charge in [-0.2, -0.15) is 0 Å². The molecule has 1 unspecified atom stereocenters. The molecule has 1 aromatic rings. The second kappa shape index (κ2) is 5.06. The van der Waals surface area contributed by atoms with Crippen LogP contribution in [0.1, 0.15) is 30.7 Å². The molecule has 0 bridgehead atoms. The minimum Gasteiger partial charge on any atom is -0.506 e. The van der Waals surface area contributed by atoms with Gasteiger partial charge in [-0.15, -0.1) is 0 Å². The molecule has 0 heterocycles. The first-order valence-corrected chi connectivity index (χ1v) is 6.19. The monoisotopic (exact) mass is 270 g/mol. The van der Waals surface area contributed by atoms with Crippen molar-refractivity contribution in [2.24, 2.45) is 5.92 Å². The van der Waals surface area contributed by atoms with Gasteiger partial charge in [-0.3, -0.25) is 4.79 Å². The zero-order valence-electron chi connectivity index (χ0n) is 10.0. The summed E-state index contributed by atoms with van der Waals surface area (Å²) < 4.78 is 5.10. The van der Waals surface area contributed by atoms with Crippen LogP contribution < -0.4 is 4.74 Å². The third-order valence-electron chi connectivity index (χ3n) is 3.29. The summed E-state index contributed by atoms with van der Waals surface area (Å²) in [6.45, 7) is 0. The number of rotatable bonds is 5. The van der Waals surface area contributed by atoms with Crippen molar-refractivity contribution in [3.05, 3.63) is 22.7 Å². The number of carboxylic acid groups (broad SMARTS) is 1. The van der Waals surface area contributed by atoms with Crippen molar-refractivity contribution in [2.75, 3.05) is 7.11 Å². The number of hydrogen-bond donors (Lipinski definition) is 2. The summed E-state index contributed by atoms with van der Waals surface area (Å²) in [6, 6.07) is 3.19. The highest BCUT2D eigenvalue weighted by atomic mass is 35.5. The zero-order valence-corrected chi connectivity index (χ0v) is 10.8. The van der Waals surface area contributed by atoms with Crippen molar-refractivity contribution in [3.63, 3.8) is 0 Å². The molecule has 18 heavy (non-hydrogen) atoms. The molecule has 4 nitrogen and oxygen atoms in total. The van der Waals surface area contributed by atoms with Crippen LogP contribution in [0.15, 0.2) is 12.1 Å². The Labute approximate surface area is 110 Å². The smallest absolute Gasteiger partial charge is 0.303 e. The first-order chi connectivity index (χ1) is 8.52. The third-order valence-corrected chi connectivity index (χ3v) is 3.58. The second-order valence-corrected chi connectivity index (χ2v) is 5.00. The van der Waals surface area contributed by atoms with Crippen LogP contribution in [0.5, 0.6) is 11.5 Å². The molecular formula is C13H15ClO4. The minimum atomic E-state index is -0.870. The van der Waals surface area contributed by atoms with Crippen molar-refractivity contribution >= 4 is 17.6 Å². The van der Waals surface area contributed by atoms with E-state index in [1.807, 2.05) is 0 Å². The Morgan fingerprint density at radius 3 is 2.72 bits per heavy atom. The van der Waals surface area contributed by atoms with E-state index in [4.69, 9.17) is 21.4 Å². The lowest BCUT2D eigenvalue weighted by Gasteiger charge is -2.17. The Balaban J connectivity index is 2.39. The van der Waals surface area contributed by atoms with Crippen LogP contribution in [-0.2, 0) is 4.79 Å². The van der Waals surface area contributed by atoms with Crippen molar-refractivity contribution in [2.45, 2.75) is 25.2 Å². The molecule has 5 heteroatoms. The van der Waals surface area contributed by atoms with E-state index < -0.39 is 5.97 Å². The lowest BCUT2D eigenvalue weighted by atomic mass is 9.90. The maximum absolute atomic E-state index is 10.9. The molecule has 0 amide bonds. The fourth-order valence-corrected chi connectivity index (χ4v) is 2.43. The molecule has 0 saturated heterocycles. The number of halogens is 1. The van der Waals surface area contributed by atoms with Crippen molar-refractivity contribution < 1.29 is 19.7 Å². The van der Waals surface area contributed by atoms with Crippen LogP contribution in [0.4, 0.5) is 0 Å². The van der Waals surface area contributed by atoms with E-state index in [-0.39, 0.29) is 23.1 Å². The Morgan fingerprint density at radius 1 is 1.56 bits per heavy atom. The Bertz CT molecular complexity index is 468. The molecule has 1 saturated carbocycles. The molecule has 0 aromatic heterocycles. The zero-order chi connectivity index (χ0) is 13.3. The SMILES string of the molecule is COc1cc(Cl)c(O)c(C(CC(=O)O)C2CC2)c1. The van der Waals surface area contributed by atoms with Gasteiger partial charge in [0.05, 0.1) is 18.6 Å². The van der Waals surface area contributed by atoms with E-state index >= 15 is 0 Å². The molecule has 2 N–H and O–H groups in total. The van der Waals surface area contributed by atoms with E-state index in [1.54, 1.807) is 6.07 Å². The van der Waals surface area contributed by atoms with E-state index in [0.29, 0.717) is 17.2 Å². The Hall–Kier alpha value is -1.42. The van der Waals surface area contributed by atoms with Crippen LogP contribution in [0.25, 0.3) is 0 Å². The number of aliphatic carboxylic acids is 1. The Kier molecular flexibility index (Phi) is 3.66. The van der Waals surface area contributed by atoms with Gasteiger partial charge in [-0.05, 0) is 24.8 Å². The number of methoxy groups -OCH3 is 1. The van der Waals surface area contributed by atoms with Crippen LogP contribution in [0.3, 0.4) is 0 Å². The number of carbonyl (C=O) groups is 1. The fraction of sp³-hybridized carbons (Fsp3) is 0.462. The summed E-state index contributed by atoms with van der Waals surface area (Å²) in [5.74, 6) is -0.255. The van der Waals surface area contributed by atoms with Gasteiger partial charge >= 0.3 is 5.97 Å². The summed E-state index contributed by atoms with van der Waals surface area (Å²) in [5.41, 5.74) is 0.573. The van der Waals surface area contributed by atoms with Gasteiger partial charge in [-0.25, -0.2) is 0 Å². The fourth-order valence-electron chi connectivity index (χ4n) is 2.21. The van der Waals surface area contributed by atoms with E-state index in [1.165, 1.54) is 13.2 Å². The minimum absolute atomic E-state index is 0.00171. The lowest BCUT2D eigenvalue weighted by Crippen LogP contribution is -2.09. The molecule has 1 aromatic carbocycles. The van der Waals surface area contributed by atoms with Gasteiger partial charge in [0.2, 0.25) is 0 Å². The molecule has 0 spiro atoms. The summed E-state index contributed by atoms with van der Waals surface area (Å²) in [6.07, 6.45) is 1.99. The van der Waals surface area contributed by atoms with Crippen molar-refractivity contribution in [1.29, 1.82) is 0 Å². The molecule has 1 atom stereocenters. The summed E-state index contributed by atoms with van der Waals surface area (Å²) in [7, 11) is 1.51. The average molecular weight is 271 g/mol. The van der Waals surface area contributed by atoms with Crippen LogP contribution in [0.2, 0.25) is 5.02 Å². The van der Waals surface area contributed by atoms with Crippen molar-refractivity contribution in [3.8, 4) is 11.5 Å². The first kappa shape index (κ1) is 13.0. The topological polar surface area (TPSA) is 66.8 Å². The number of phenolic OH excluding ortho intramolecular Hbond substituents is 1. The molecule has 1 aliphatic rings. The number of carboxylic acids is 1. The van der Waals surface area contributed by atoms with E-state index in [0.717, 1.165) is 12.8 Å². The average Bonchev–Trinajstić information content (AvgIpc) is 3.13. The molecule has 2 rings (SSSR count). The molecule has 98 valence electrons. The summed E-state index contributed by atoms with van der Waals surface area (Å²) in [5, 5.41) is 19.2. The van der Waals surface area contributed by atoms with Crippen molar-refractivity contribution in [1.82, 2.24) is 0 Å². The number of ether oxygens (including phenoxy) is 1. The van der Waals surface area contributed by atoms with Crippen LogP contribution >= 0.6 is 11.6 Å². The predicted molar refractivity (Wildman–Crippen MR) is 67.4 cm³/mol. The second-order valence-electron chi connectivity index (χ2n) is 4.59. The Morgan fingerprint density at radius 2 is 2.22 bits per heavy atom. The van der Waals surface area contributed by atoms with Gasteiger partial charge in [0.1, 0.15) is 11.5 Å². The normalized spacial score (nSPS) is 16.3. The van der Waals surface area contributed by atoms with Gasteiger partial charge in [0.25, 0.3) is 0 Å². The summed E-state index contributed by atoms with van der Waals surface area (Å²) in [4.78, 5) is 10.9. The molecule has 1 fully saturated rings. The maximum Gasteiger partial charge on any atom is 0.303 e. The van der Waals surface area contributed by atoms with Crippen LogP contribution in [0, 0.1) is 5.92 Å². The lowest BCUT2D eigenvalue weighted by molar-refractivity contribution is -0.137. The standard InChI is InChI=1S/C13H15ClO4/c1-18-8-4-10(13(17)11(14)5-8)9(6-12(15)16)7-2-3-7/h4-5,7,9,17H,2-3,6H2,1H3,(H,15,16). The maximum atomic E-state index is 10.9. The first-order valence-electron chi connectivity index (χ1n) is 5.81. The number of phenols is 1. The third kappa shape index (κ3) is 2.70. The quantitative estimate of drug-likeness (QED) is 0.863. The number of hydrogen-bond acceptors (Lipinski definition) is 3.